The number of hydrogen-bond donors (Lipinski definition) is 1. The maximum Gasteiger partial charge on any atom is 0.141 e. The smallest absolute Gasteiger partial charge is 0.141 e. The Morgan fingerprint density at radius 2 is 1.72 bits per heavy atom. The van der Waals surface area contributed by atoms with Gasteiger partial charge >= 0.3 is 0 Å². The Hall–Kier alpha value is -1.45. The van der Waals surface area contributed by atoms with Crippen molar-refractivity contribution >= 4 is 11.6 Å². The van der Waals surface area contributed by atoms with Crippen molar-refractivity contribution < 1.29 is 13.9 Å². The fraction of sp³-hybridized carbons (Fsp3) is 0.143. The Morgan fingerprint density at radius 3 is 2.33 bits per heavy atom. The first-order valence-corrected chi connectivity index (χ1v) is 5.81. The highest BCUT2D eigenvalue weighted by Crippen LogP contribution is 2.23. The molecule has 0 spiro atoms. The number of aliphatic hydroxyl groups is 1. The van der Waals surface area contributed by atoms with Gasteiger partial charge < -0.3 is 5.11 Å². The van der Waals surface area contributed by atoms with Gasteiger partial charge in [-0.1, -0.05) is 29.8 Å². The van der Waals surface area contributed by atoms with Gasteiger partial charge in [-0.3, -0.25) is 0 Å². The molecule has 2 rings (SSSR count). The molecule has 94 valence electrons. The maximum absolute atomic E-state index is 13.0. The molecule has 1 nitrogen and oxygen atoms in total. The minimum Gasteiger partial charge on any atom is -0.388 e. The molecule has 0 fully saturated rings. The molecule has 0 aliphatic heterocycles. The van der Waals surface area contributed by atoms with Crippen LogP contribution in [0.3, 0.4) is 0 Å². The Balaban J connectivity index is 2.13. The quantitative estimate of drug-likeness (QED) is 0.895. The van der Waals surface area contributed by atoms with Gasteiger partial charge in [0.2, 0.25) is 0 Å². The van der Waals surface area contributed by atoms with Gasteiger partial charge in [0.05, 0.1) is 11.1 Å². The van der Waals surface area contributed by atoms with Gasteiger partial charge in [-0.05, 0) is 35.4 Å². The van der Waals surface area contributed by atoms with Crippen LogP contribution in [0.25, 0.3) is 0 Å². The monoisotopic (exact) mass is 268 g/mol. The zero-order valence-corrected chi connectivity index (χ0v) is 10.2. The van der Waals surface area contributed by atoms with Gasteiger partial charge in [-0.25, -0.2) is 8.78 Å². The summed E-state index contributed by atoms with van der Waals surface area (Å²) in [6, 6.07) is 9.96. The molecule has 1 unspecified atom stereocenters. The number of halogens is 3. The van der Waals surface area contributed by atoms with Gasteiger partial charge in [0.1, 0.15) is 11.6 Å². The zero-order chi connectivity index (χ0) is 13.1. The van der Waals surface area contributed by atoms with Crippen molar-refractivity contribution in [3.63, 3.8) is 0 Å². The van der Waals surface area contributed by atoms with E-state index in [2.05, 4.69) is 0 Å². The number of aliphatic hydroxyl groups excluding tert-OH is 1. The van der Waals surface area contributed by atoms with Crippen LogP contribution in [0.15, 0.2) is 42.5 Å². The van der Waals surface area contributed by atoms with E-state index >= 15 is 0 Å². The first-order valence-electron chi connectivity index (χ1n) is 5.44. The van der Waals surface area contributed by atoms with E-state index < -0.39 is 11.9 Å². The van der Waals surface area contributed by atoms with Crippen LogP contribution in [0.2, 0.25) is 5.02 Å². The summed E-state index contributed by atoms with van der Waals surface area (Å²) in [7, 11) is 0. The molecule has 4 heteroatoms. The molecule has 0 radical (unpaired) electrons. The predicted octanol–water partition coefficient (Wildman–Crippen LogP) is 3.89. The standard InChI is InChI=1S/C14H11ClF2O/c15-12-8-10(3-6-13(12)17)14(18)7-9-1-4-11(16)5-2-9/h1-6,8,14,18H,7H2. The third kappa shape index (κ3) is 3.06. The minimum absolute atomic E-state index is 0.0225. The average Bonchev–Trinajstić information content (AvgIpc) is 2.35. The van der Waals surface area contributed by atoms with Gasteiger partial charge in [-0.15, -0.1) is 0 Å². The maximum atomic E-state index is 13.0. The summed E-state index contributed by atoms with van der Waals surface area (Å²) in [5.41, 5.74) is 1.33. The van der Waals surface area contributed by atoms with Crippen LogP contribution in [0.5, 0.6) is 0 Å². The molecule has 0 aliphatic carbocycles. The van der Waals surface area contributed by atoms with Gasteiger partial charge in [0.15, 0.2) is 0 Å². The lowest BCUT2D eigenvalue weighted by Gasteiger charge is -2.11. The third-order valence-electron chi connectivity index (χ3n) is 2.67. The van der Waals surface area contributed by atoms with E-state index in [0.717, 1.165) is 5.56 Å². The second-order valence-corrected chi connectivity index (χ2v) is 4.43. The minimum atomic E-state index is -0.798. The molecular weight excluding hydrogens is 258 g/mol. The van der Waals surface area contributed by atoms with E-state index in [1.165, 1.54) is 30.3 Å². The van der Waals surface area contributed by atoms with E-state index in [4.69, 9.17) is 11.6 Å². The predicted molar refractivity (Wildman–Crippen MR) is 66.5 cm³/mol. The summed E-state index contributed by atoms with van der Waals surface area (Å²) >= 11 is 5.65. The van der Waals surface area contributed by atoms with Crippen LogP contribution in [0, 0.1) is 11.6 Å². The Kier molecular flexibility index (Phi) is 3.94. The first kappa shape index (κ1) is 13.0. The van der Waals surface area contributed by atoms with Gasteiger partial charge in [-0.2, -0.15) is 0 Å². The fourth-order valence-corrected chi connectivity index (χ4v) is 1.87. The van der Waals surface area contributed by atoms with Gasteiger partial charge in [0, 0.05) is 6.42 Å². The molecule has 0 aliphatic rings. The van der Waals surface area contributed by atoms with Crippen LogP contribution in [0.4, 0.5) is 8.78 Å². The number of rotatable bonds is 3. The Morgan fingerprint density at radius 1 is 1.06 bits per heavy atom. The topological polar surface area (TPSA) is 20.2 Å². The lowest BCUT2D eigenvalue weighted by Crippen LogP contribution is -2.02. The van der Waals surface area contributed by atoms with Crippen molar-refractivity contribution in [3.8, 4) is 0 Å². The van der Waals surface area contributed by atoms with E-state index in [-0.39, 0.29) is 10.8 Å². The lowest BCUT2D eigenvalue weighted by molar-refractivity contribution is 0.178. The summed E-state index contributed by atoms with van der Waals surface area (Å²) in [6.45, 7) is 0. The fourth-order valence-electron chi connectivity index (χ4n) is 1.68. The molecule has 2 aromatic rings. The molecule has 18 heavy (non-hydrogen) atoms. The van der Waals surface area contributed by atoms with Crippen molar-refractivity contribution in [1.29, 1.82) is 0 Å². The molecule has 1 atom stereocenters. The summed E-state index contributed by atoms with van der Waals surface area (Å²) in [5, 5.41) is 9.96. The molecule has 1 N–H and O–H groups in total. The Bertz CT molecular complexity index is 540. The van der Waals surface area contributed by atoms with Crippen molar-refractivity contribution in [2.75, 3.05) is 0 Å². The van der Waals surface area contributed by atoms with Crippen LogP contribution in [0.1, 0.15) is 17.2 Å². The summed E-state index contributed by atoms with van der Waals surface area (Å²) in [4.78, 5) is 0. The average molecular weight is 269 g/mol. The third-order valence-corrected chi connectivity index (χ3v) is 2.96. The first-order chi connectivity index (χ1) is 8.56. The van der Waals surface area contributed by atoms with Crippen LogP contribution < -0.4 is 0 Å². The summed E-state index contributed by atoms with van der Waals surface area (Å²) in [6.07, 6.45) is -0.476. The molecule has 0 heterocycles. The van der Waals surface area contributed by atoms with E-state index in [0.29, 0.717) is 12.0 Å². The highest BCUT2D eigenvalue weighted by atomic mass is 35.5. The molecule has 0 amide bonds. The van der Waals surface area contributed by atoms with Crippen molar-refractivity contribution in [3.05, 3.63) is 70.2 Å². The SMILES string of the molecule is OC(Cc1ccc(F)cc1)c1ccc(F)c(Cl)c1. The largest absolute Gasteiger partial charge is 0.388 e. The van der Waals surface area contributed by atoms with Crippen molar-refractivity contribution in [2.24, 2.45) is 0 Å². The van der Waals surface area contributed by atoms with E-state index in [1.54, 1.807) is 12.1 Å². The normalized spacial score (nSPS) is 12.4. The van der Waals surface area contributed by atoms with Gasteiger partial charge in [0.25, 0.3) is 0 Å². The molecule has 0 saturated carbocycles. The zero-order valence-electron chi connectivity index (χ0n) is 9.41. The highest BCUT2D eigenvalue weighted by Gasteiger charge is 2.11. The van der Waals surface area contributed by atoms with Crippen LogP contribution >= 0.6 is 11.6 Å². The van der Waals surface area contributed by atoms with Crippen molar-refractivity contribution in [2.45, 2.75) is 12.5 Å². The van der Waals surface area contributed by atoms with Crippen molar-refractivity contribution in [1.82, 2.24) is 0 Å². The molecule has 0 saturated heterocycles. The molecule has 2 aromatic carbocycles. The van der Waals surface area contributed by atoms with Crippen LogP contribution in [-0.2, 0) is 6.42 Å². The highest BCUT2D eigenvalue weighted by molar-refractivity contribution is 6.30. The molecule has 0 aromatic heterocycles. The second kappa shape index (κ2) is 5.46. The summed E-state index contributed by atoms with van der Waals surface area (Å²) < 4.78 is 25.7. The summed E-state index contributed by atoms with van der Waals surface area (Å²) in [5.74, 6) is -0.840. The molecular formula is C14H11ClF2O. The van der Waals surface area contributed by atoms with Crippen LogP contribution in [-0.4, -0.2) is 5.11 Å². The number of benzene rings is 2. The van der Waals surface area contributed by atoms with E-state index in [1.807, 2.05) is 0 Å². The molecule has 0 bridgehead atoms. The van der Waals surface area contributed by atoms with E-state index in [9.17, 15) is 13.9 Å². The second-order valence-electron chi connectivity index (χ2n) is 4.02. The number of hydrogen-bond acceptors (Lipinski definition) is 1. The lowest BCUT2D eigenvalue weighted by atomic mass is 10.0. The Labute approximate surface area is 109 Å².